The van der Waals surface area contributed by atoms with Crippen LogP contribution >= 0.6 is 0 Å². The highest BCUT2D eigenvalue weighted by Crippen LogP contribution is 2.27. The second kappa shape index (κ2) is 8.21. The first-order valence-corrected chi connectivity index (χ1v) is 9.31. The zero-order chi connectivity index (χ0) is 18.5. The average Bonchev–Trinajstić information content (AvgIpc) is 3.32. The minimum absolute atomic E-state index is 0.0882. The molecule has 26 heavy (non-hydrogen) atoms. The van der Waals surface area contributed by atoms with Crippen LogP contribution in [0.2, 0.25) is 0 Å². The molecule has 1 aromatic carbocycles. The van der Waals surface area contributed by atoms with Gasteiger partial charge in [-0.25, -0.2) is 4.79 Å². The molecule has 1 aliphatic rings. The molecule has 0 atom stereocenters. The Morgan fingerprint density at radius 2 is 1.88 bits per heavy atom. The largest absolute Gasteiger partial charge is 0.478 e. The summed E-state index contributed by atoms with van der Waals surface area (Å²) in [5.74, 6) is -0.758. The van der Waals surface area contributed by atoms with Crippen LogP contribution in [0.15, 0.2) is 40.8 Å². The molecule has 1 amide bonds. The third kappa shape index (κ3) is 3.98. The van der Waals surface area contributed by atoms with Crippen LogP contribution in [0.3, 0.4) is 0 Å². The van der Waals surface area contributed by atoms with Gasteiger partial charge < -0.3 is 14.4 Å². The number of aryl methyl sites for hydroxylation is 1. The highest BCUT2D eigenvalue weighted by atomic mass is 16.4. The predicted octanol–water partition coefficient (Wildman–Crippen LogP) is 4.17. The first kappa shape index (κ1) is 18.2. The summed E-state index contributed by atoms with van der Waals surface area (Å²) in [4.78, 5) is 26.3. The van der Waals surface area contributed by atoms with Gasteiger partial charge in [-0.3, -0.25) is 4.79 Å². The second-order valence-corrected chi connectivity index (χ2v) is 6.78. The number of carbonyl (C=O) groups excluding carboxylic acids is 1. The van der Waals surface area contributed by atoms with Crippen molar-refractivity contribution in [2.24, 2.45) is 0 Å². The number of amides is 1. The van der Waals surface area contributed by atoms with Gasteiger partial charge in [0.1, 0.15) is 11.3 Å². The molecular weight excluding hydrogens is 330 g/mol. The van der Waals surface area contributed by atoms with Crippen LogP contribution in [-0.4, -0.2) is 34.5 Å². The Morgan fingerprint density at radius 3 is 2.46 bits per heavy atom. The Hall–Kier alpha value is -2.56. The van der Waals surface area contributed by atoms with E-state index in [9.17, 15) is 14.7 Å². The minimum Gasteiger partial charge on any atom is -0.478 e. The van der Waals surface area contributed by atoms with Crippen LogP contribution in [-0.2, 0) is 12.8 Å². The average molecular weight is 355 g/mol. The smallest absolute Gasteiger partial charge is 0.339 e. The van der Waals surface area contributed by atoms with E-state index < -0.39 is 5.97 Å². The third-order valence-corrected chi connectivity index (χ3v) is 5.08. The number of hydrogen-bond acceptors (Lipinski definition) is 3. The fourth-order valence-corrected chi connectivity index (χ4v) is 3.68. The number of carbonyl (C=O) groups is 2. The monoisotopic (exact) mass is 355 g/mol. The van der Waals surface area contributed by atoms with E-state index in [1.807, 2.05) is 30.0 Å². The Balaban J connectivity index is 1.81. The second-order valence-electron chi connectivity index (χ2n) is 6.78. The number of benzene rings is 1. The van der Waals surface area contributed by atoms with Gasteiger partial charge in [-0.05, 0) is 24.8 Å². The van der Waals surface area contributed by atoms with Crippen LogP contribution in [0.5, 0.6) is 0 Å². The zero-order valence-corrected chi connectivity index (χ0v) is 15.1. The van der Waals surface area contributed by atoms with Gasteiger partial charge >= 0.3 is 5.97 Å². The van der Waals surface area contributed by atoms with Crippen molar-refractivity contribution in [3.8, 4) is 0 Å². The molecule has 2 aromatic rings. The van der Waals surface area contributed by atoms with Gasteiger partial charge in [0.15, 0.2) is 5.76 Å². The number of carboxylic acid groups (broad SMARTS) is 1. The highest BCUT2D eigenvalue weighted by molar-refractivity contribution is 5.96. The van der Waals surface area contributed by atoms with Gasteiger partial charge in [-0.15, -0.1) is 0 Å². The van der Waals surface area contributed by atoms with E-state index in [2.05, 4.69) is 12.1 Å². The summed E-state index contributed by atoms with van der Waals surface area (Å²) < 4.78 is 5.61. The van der Waals surface area contributed by atoms with Gasteiger partial charge in [0.25, 0.3) is 5.91 Å². The number of hydrogen-bond donors (Lipinski definition) is 1. The summed E-state index contributed by atoms with van der Waals surface area (Å²) in [6.45, 7) is 2.43. The lowest BCUT2D eigenvalue weighted by Gasteiger charge is -2.28. The first-order chi connectivity index (χ1) is 12.6. The third-order valence-electron chi connectivity index (χ3n) is 5.08. The van der Waals surface area contributed by atoms with Crippen molar-refractivity contribution in [1.29, 1.82) is 0 Å². The molecule has 1 aliphatic carbocycles. The molecule has 0 aliphatic heterocycles. The number of rotatable bonds is 7. The van der Waals surface area contributed by atoms with Crippen molar-refractivity contribution in [3.05, 3.63) is 59.0 Å². The van der Waals surface area contributed by atoms with E-state index in [1.165, 1.54) is 11.6 Å². The van der Waals surface area contributed by atoms with Gasteiger partial charge in [0.2, 0.25) is 0 Å². The maximum absolute atomic E-state index is 13.1. The summed E-state index contributed by atoms with van der Waals surface area (Å²) >= 11 is 0. The molecule has 1 saturated carbocycles. The number of furan rings is 1. The van der Waals surface area contributed by atoms with Crippen LogP contribution in [0, 0.1) is 0 Å². The molecule has 1 heterocycles. The van der Waals surface area contributed by atoms with Gasteiger partial charge in [0.05, 0.1) is 0 Å². The van der Waals surface area contributed by atoms with E-state index >= 15 is 0 Å². The fraction of sp³-hybridized carbons (Fsp3) is 0.429. The van der Waals surface area contributed by atoms with Crippen molar-refractivity contribution in [3.63, 3.8) is 0 Å². The molecule has 5 heteroatoms. The zero-order valence-electron chi connectivity index (χ0n) is 15.1. The van der Waals surface area contributed by atoms with Crippen molar-refractivity contribution in [1.82, 2.24) is 4.90 Å². The molecule has 0 saturated heterocycles. The van der Waals surface area contributed by atoms with Crippen LogP contribution < -0.4 is 0 Å². The summed E-state index contributed by atoms with van der Waals surface area (Å²) in [6.07, 6.45) is 5.46. The molecule has 1 N–H and O–H groups in total. The molecule has 1 fully saturated rings. The molecule has 0 bridgehead atoms. The van der Waals surface area contributed by atoms with Gasteiger partial charge in [0, 0.05) is 25.1 Å². The van der Waals surface area contributed by atoms with Crippen molar-refractivity contribution < 1.29 is 19.1 Å². The quantitative estimate of drug-likeness (QED) is 0.809. The van der Waals surface area contributed by atoms with Gasteiger partial charge in [-0.2, -0.15) is 0 Å². The Labute approximate surface area is 153 Å². The SMILES string of the molecule is CCc1oc(C(=O)N(CCc2ccccc2)C2CCCC2)cc1C(=O)O. The Bertz CT molecular complexity index is 760. The lowest BCUT2D eigenvalue weighted by molar-refractivity contribution is 0.0647. The summed E-state index contributed by atoms with van der Waals surface area (Å²) in [5.41, 5.74) is 1.27. The molecule has 5 nitrogen and oxygen atoms in total. The van der Waals surface area contributed by atoms with E-state index in [-0.39, 0.29) is 23.3 Å². The minimum atomic E-state index is -1.05. The highest BCUT2D eigenvalue weighted by Gasteiger charge is 2.30. The summed E-state index contributed by atoms with van der Waals surface area (Å²) in [7, 11) is 0. The van der Waals surface area contributed by atoms with Crippen molar-refractivity contribution in [2.45, 2.75) is 51.5 Å². The topological polar surface area (TPSA) is 70.8 Å². The molecule has 138 valence electrons. The Morgan fingerprint density at radius 1 is 1.19 bits per heavy atom. The molecular formula is C21H25NO4. The fourth-order valence-electron chi connectivity index (χ4n) is 3.68. The normalized spacial score (nSPS) is 14.5. The maximum atomic E-state index is 13.1. The molecule has 0 spiro atoms. The standard InChI is InChI=1S/C21H25NO4/c1-2-18-17(21(24)25)14-19(26-18)20(23)22(16-10-6-7-11-16)13-12-15-8-4-3-5-9-15/h3-5,8-9,14,16H,2,6-7,10-13H2,1H3,(H,24,25). The van der Waals surface area contributed by atoms with E-state index in [4.69, 9.17) is 4.42 Å². The lowest BCUT2D eigenvalue weighted by Crippen LogP contribution is -2.40. The molecule has 0 unspecified atom stereocenters. The number of nitrogens with zero attached hydrogens (tertiary/aromatic N) is 1. The van der Waals surface area contributed by atoms with E-state index in [0.29, 0.717) is 18.7 Å². The molecule has 3 rings (SSSR count). The van der Waals surface area contributed by atoms with Crippen LogP contribution in [0.1, 0.15) is 64.8 Å². The maximum Gasteiger partial charge on any atom is 0.339 e. The molecule has 1 aromatic heterocycles. The van der Waals surface area contributed by atoms with Crippen molar-refractivity contribution in [2.75, 3.05) is 6.54 Å². The predicted molar refractivity (Wildman–Crippen MR) is 98.5 cm³/mol. The Kier molecular flexibility index (Phi) is 5.76. The molecule has 0 radical (unpaired) electrons. The summed E-state index contributed by atoms with van der Waals surface area (Å²) in [6, 6.07) is 11.7. The van der Waals surface area contributed by atoms with Crippen LogP contribution in [0.4, 0.5) is 0 Å². The summed E-state index contributed by atoms with van der Waals surface area (Å²) in [5, 5.41) is 9.31. The number of carboxylic acids is 1. The van der Waals surface area contributed by atoms with E-state index in [1.54, 1.807) is 0 Å². The van der Waals surface area contributed by atoms with Crippen LogP contribution in [0.25, 0.3) is 0 Å². The van der Waals surface area contributed by atoms with Gasteiger partial charge in [-0.1, -0.05) is 50.1 Å². The van der Waals surface area contributed by atoms with E-state index in [0.717, 1.165) is 32.1 Å². The lowest BCUT2D eigenvalue weighted by atomic mass is 10.1. The first-order valence-electron chi connectivity index (χ1n) is 9.31. The number of aromatic carboxylic acids is 1. The van der Waals surface area contributed by atoms with Crippen molar-refractivity contribution >= 4 is 11.9 Å².